The summed E-state index contributed by atoms with van der Waals surface area (Å²) in [6.07, 6.45) is -0.375. The third kappa shape index (κ3) is 5.70. The summed E-state index contributed by atoms with van der Waals surface area (Å²) in [4.78, 5) is 36.2. The van der Waals surface area contributed by atoms with Gasteiger partial charge in [-0.1, -0.05) is 0 Å². The van der Waals surface area contributed by atoms with Gasteiger partial charge in [0.15, 0.2) is 0 Å². The molecule has 8 nitrogen and oxygen atoms in total. The number of hydrogen-bond acceptors (Lipinski definition) is 4. The van der Waals surface area contributed by atoms with Crippen molar-refractivity contribution in [1.29, 1.82) is 0 Å². The van der Waals surface area contributed by atoms with E-state index in [1.807, 2.05) is 6.92 Å². The number of carbonyl (C=O) groups is 3. The van der Waals surface area contributed by atoms with Crippen molar-refractivity contribution < 1.29 is 28.6 Å². The molecule has 0 saturated carbocycles. The van der Waals surface area contributed by atoms with Crippen molar-refractivity contribution in [2.24, 2.45) is 0 Å². The van der Waals surface area contributed by atoms with E-state index in [9.17, 15) is 18.8 Å². The summed E-state index contributed by atoms with van der Waals surface area (Å²) in [6.45, 7) is 2.47. The van der Waals surface area contributed by atoms with Gasteiger partial charge in [-0.15, -0.1) is 0 Å². The highest BCUT2D eigenvalue weighted by Crippen LogP contribution is 2.24. The van der Waals surface area contributed by atoms with E-state index >= 15 is 0 Å². The van der Waals surface area contributed by atoms with Crippen LogP contribution in [0.5, 0.6) is 5.75 Å². The van der Waals surface area contributed by atoms with Crippen LogP contribution in [0.3, 0.4) is 0 Å². The highest BCUT2D eigenvalue weighted by molar-refractivity contribution is 5.98. The van der Waals surface area contributed by atoms with E-state index in [-0.39, 0.29) is 37.1 Å². The highest BCUT2D eigenvalue weighted by Gasteiger charge is 2.26. The molecule has 9 heteroatoms. The van der Waals surface area contributed by atoms with E-state index < -0.39 is 6.09 Å². The van der Waals surface area contributed by atoms with Gasteiger partial charge in [0, 0.05) is 30.8 Å². The Morgan fingerprint density at radius 1 is 1.37 bits per heavy atom. The fourth-order valence-electron chi connectivity index (χ4n) is 2.67. The lowest BCUT2D eigenvalue weighted by Gasteiger charge is -2.28. The fraction of sp³-hybridized carbons (Fsp3) is 0.389. The Labute approximate surface area is 156 Å². The molecule has 1 aliphatic heterocycles. The molecule has 0 aromatic heterocycles. The van der Waals surface area contributed by atoms with Gasteiger partial charge in [-0.3, -0.25) is 9.59 Å². The van der Waals surface area contributed by atoms with Crippen LogP contribution in [-0.2, 0) is 11.2 Å². The number of rotatable bonds is 8. The van der Waals surface area contributed by atoms with Crippen LogP contribution in [0.2, 0.25) is 0 Å². The predicted molar refractivity (Wildman–Crippen MR) is 95.4 cm³/mol. The molecule has 0 bridgehead atoms. The number of carboxylic acid groups (broad SMARTS) is 1. The van der Waals surface area contributed by atoms with E-state index in [0.717, 1.165) is 5.56 Å². The maximum absolute atomic E-state index is 12.8. The molecule has 0 radical (unpaired) electrons. The van der Waals surface area contributed by atoms with Crippen LogP contribution in [0, 0.1) is 0 Å². The number of nitrogens with zero attached hydrogens (tertiary/aromatic N) is 1. The summed E-state index contributed by atoms with van der Waals surface area (Å²) in [5, 5.41) is 13.3. The molecule has 146 valence electrons. The van der Waals surface area contributed by atoms with E-state index in [4.69, 9.17) is 9.84 Å². The lowest BCUT2D eigenvalue weighted by molar-refractivity contribution is -0.121. The first-order chi connectivity index (χ1) is 12.9. The predicted octanol–water partition coefficient (Wildman–Crippen LogP) is 1.32. The molecule has 0 fully saturated rings. The lowest BCUT2D eigenvalue weighted by atomic mass is 9.98. The molecule has 0 spiro atoms. The second-order valence-electron chi connectivity index (χ2n) is 5.96. The monoisotopic (exact) mass is 379 g/mol. The molecule has 1 heterocycles. The largest absolute Gasteiger partial charge is 0.489 e. The zero-order valence-corrected chi connectivity index (χ0v) is 15.0. The third-order valence-corrected chi connectivity index (χ3v) is 4.00. The van der Waals surface area contributed by atoms with Crippen molar-refractivity contribution >= 4 is 17.9 Å². The smallest absolute Gasteiger partial charge is 0.404 e. The number of benzene rings is 1. The number of amides is 3. The van der Waals surface area contributed by atoms with Gasteiger partial charge in [0.25, 0.3) is 5.91 Å². The van der Waals surface area contributed by atoms with Gasteiger partial charge in [0.05, 0.1) is 12.9 Å². The topological polar surface area (TPSA) is 108 Å². The average molecular weight is 379 g/mol. The van der Waals surface area contributed by atoms with Crippen molar-refractivity contribution in [3.05, 3.63) is 41.2 Å². The second kappa shape index (κ2) is 9.56. The molecular formula is C18H22FN3O5. The first-order valence-corrected chi connectivity index (χ1v) is 8.51. The maximum Gasteiger partial charge on any atom is 0.404 e. The number of likely N-dealkylation sites (N-methyl/N-ethyl adjacent to an activating group) is 1. The molecule has 0 unspecified atom stereocenters. The van der Waals surface area contributed by atoms with Crippen LogP contribution in [0.25, 0.3) is 0 Å². The van der Waals surface area contributed by atoms with Crippen LogP contribution in [0.15, 0.2) is 30.1 Å². The molecular weight excluding hydrogens is 357 g/mol. The van der Waals surface area contributed by atoms with Gasteiger partial charge < -0.3 is 25.4 Å². The molecule has 1 aliphatic rings. The van der Waals surface area contributed by atoms with E-state index in [1.54, 1.807) is 18.2 Å². The number of ether oxygens (including phenoxy) is 1. The van der Waals surface area contributed by atoms with Gasteiger partial charge in [0.2, 0.25) is 5.91 Å². The van der Waals surface area contributed by atoms with Crippen molar-refractivity contribution in [2.75, 3.05) is 32.8 Å². The standard InChI is InChI=1S/C18H22FN3O5/c1-2-20-16(23)10-22-6-5-13-7-14(3-4-15(13)17(22)24)27-11-12(8-19)9-21-18(25)26/h3-4,7-8,21H,2,5-6,9-11H2,1H3,(H,20,23)(H,25,26)/b12-8+. The highest BCUT2D eigenvalue weighted by atomic mass is 19.1. The maximum atomic E-state index is 12.8. The summed E-state index contributed by atoms with van der Waals surface area (Å²) in [6, 6.07) is 4.91. The first kappa shape index (κ1) is 20.2. The first-order valence-electron chi connectivity index (χ1n) is 8.51. The summed E-state index contributed by atoms with van der Waals surface area (Å²) in [5.74, 6) is 0.0345. The van der Waals surface area contributed by atoms with Gasteiger partial charge in [-0.2, -0.15) is 0 Å². The summed E-state index contributed by atoms with van der Waals surface area (Å²) < 4.78 is 18.3. The van der Waals surface area contributed by atoms with Gasteiger partial charge in [-0.05, 0) is 37.1 Å². The quantitative estimate of drug-likeness (QED) is 0.631. The molecule has 3 amide bonds. The Kier molecular flexibility index (Phi) is 7.16. The van der Waals surface area contributed by atoms with Gasteiger partial charge in [-0.25, -0.2) is 9.18 Å². The minimum absolute atomic E-state index is 0.0194. The summed E-state index contributed by atoms with van der Waals surface area (Å²) in [7, 11) is 0. The zero-order valence-electron chi connectivity index (χ0n) is 15.0. The molecule has 1 aromatic rings. The van der Waals surface area contributed by atoms with Crippen LogP contribution in [0.4, 0.5) is 9.18 Å². The Bertz CT molecular complexity index is 751. The van der Waals surface area contributed by atoms with Crippen molar-refractivity contribution in [3.8, 4) is 5.75 Å². The Balaban J connectivity index is 1.98. The molecule has 27 heavy (non-hydrogen) atoms. The Morgan fingerprint density at radius 3 is 2.81 bits per heavy atom. The number of hydrogen-bond donors (Lipinski definition) is 3. The molecule has 0 aliphatic carbocycles. The van der Waals surface area contributed by atoms with Crippen LogP contribution >= 0.6 is 0 Å². The molecule has 3 N–H and O–H groups in total. The minimum Gasteiger partial charge on any atom is -0.489 e. The Hall–Kier alpha value is -3.10. The molecule has 2 rings (SSSR count). The second-order valence-corrected chi connectivity index (χ2v) is 5.96. The number of halogens is 1. The number of fused-ring (bicyclic) bond motifs is 1. The molecule has 0 atom stereocenters. The van der Waals surface area contributed by atoms with Crippen molar-refractivity contribution in [3.63, 3.8) is 0 Å². The van der Waals surface area contributed by atoms with Crippen molar-refractivity contribution in [2.45, 2.75) is 13.3 Å². The van der Waals surface area contributed by atoms with Crippen LogP contribution in [-0.4, -0.2) is 60.7 Å². The Morgan fingerprint density at radius 2 is 2.15 bits per heavy atom. The van der Waals surface area contributed by atoms with Crippen molar-refractivity contribution in [1.82, 2.24) is 15.5 Å². The van der Waals surface area contributed by atoms with Gasteiger partial charge in [0.1, 0.15) is 12.4 Å². The normalized spacial score (nSPS) is 13.8. The fourth-order valence-corrected chi connectivity index (χ4v) is 2.67. The third-order valence-electron chi connectivity index (χ3n) is 4.00. The zero-order chi connectivity index (χ0) is 19.8. The van der Waals surface area contributed by atoms with Crippen LogP contribution < -0.4 is 15.4 Å². The van der Waals surface area contributed by atoms with E-state index in [2.05, 4.69) is 10.6 Å². The molecule has 0 saturated heterocycles. The lowest BCUT2D eigenvalue weighted by Crippen LogP contribution is -2.44. The summed E-state index contributed by atoms with van der Waals surface area (Å²) in [5.41, 5.74) is 1.44. The number of nitrogens with one attached hydrogen (secondary N) is 2. The van der Waals surface area contributed by atoms with E-state index in [0.29, 0.717) is 37.2 Å². The SMILES string of the molecule is CCNC(=O)CN1CCc2cc(OC/C(=C/F)CNC(=O)O)ccc2C1=O. The summed E-state index contributed by atoms with van der Waals surface area (Å²) >= 11 is 0. The molecule has 1 aromatic carbocycles. The number of carbonyl (C=O) groups excluding carboxylic acids is 2. The van der Waals surface area contributed by atoms with Crippen LogP contribution in [0.1, 0.15) is 22.8 Å². The van der Waals surface area contributed by atoms with E-state index in [1.165, 1.54) is 4.90 Å². The van der Waals surface area contributed by atoms with Gasteiger partial charge >= 0.3 is 6.09 Å². The average Bonchev–Trinajstić information content (AvgIpc) is 2.64. The minimum atomic E-state index is -1.25.